The molecule has 1 aromatic carbocycles. The van der Waals surface area contributed by atoms with Crippen LogP contribution in [-0.4, -0.2) is 36.1 Å². The Bertz CT molecular complexity index is 570. The van der Waals surface area contributed by atoms with Crippen molar-refractivity contribution < 1.29 is 0 Å². The van der Waals surface area contributed by atoms with E-state index in [1.165, 1.54) is 43.4 Å². The highest BCUT2D eigenvalue weighted by Crippen LogP contribution is 2.19. The highest BCUT2D eigenvalue weighted by atomic mass is 15.1. The monoisotopic (exact) mass is 283 g/mol. The first-order chi connectivity index (χ1) is 10.4. The Hall–Kier alpha value is -1.45. The number of piperidine rings is 1. The average molecular weight is 283 g/mol. The minimum Gasteiger partial charge on any atom is -0.316 e. The van der Waals surface area contributed by atoms with Crippen LogP contribution < -0.4 is 5.32 Å². The van der Waals surface area contributed by atoms with Gasteiger partial charge in [0.15, 0.2) is 0 Å². The third-order valence-electron chi connectivity index (χ3n) is 4.47. The van der Waals surface area contributed by atoms with Crippen LogP contribution in [0.25, 0.3) is 10.9 Å². The Labute approximate surface area is 127 Å². The molecule has 1 aliphatic rings. The molecule has 1 unspecified atom stereocenters. The van der Waals surface area contributed by atoms with Crippen molar-refractivity contribution in [1.29, 1.82) is 0 Å². The lowest BCUT2D eigenvalue weighted by Crippen LogP contribution is -2.38. The van der Waals surface area contributed by atoms with Gasteiger partial charge in [0.1, 0.15) is 0 Å². The predicted octanol–water partition coefficient (Wildman–Crippen LogP) is 3.06. The second-order valence-corrected chi connectivity index (χ2v) is 6.03. The van der Waals surface area contributed by atoms with Crippen LogP contribution in [0.15, 0.2) is 36.5 Å². The molecule has 1 fully saturated rings. The number of rotatable bonds is 5. The molecule has 0 saturated carbocycles. The molecule has 1 N–H and O–H groups in total. The predicted molar refractivity (Wildman–Crippen MR) is 88.3 cm³/mol. The summed E-state index contributed by atoms with van der Waals surface area (Å²) >= 11 is 0. The standard InChI is InChI=1S/C18H25N3/c1-2-21(13-15-6-4-10-19-12-15)14-17-8-3-7-16-9-5-11-20-18(16)17/h3,5,7-9,11,15,19H,2,4,6,10,12-14H2,1H3. The Kier molecular flexibility index (Phi) is 4.84. The van der Waals surface area contributed by atoms with E-state index >= 15 is 0 Å². The second-order valence-electron chi connectivity index (χ2n) is 6.03. The fourth-order valence-electron chi connectivity index (χ4n) is 3.29. The normalized spacial score (nSPS) is 19.2. The largest absolute Gasteiger partial charge is 0.316 e. The van der Waals surface area contributed by atoms with Gasteiger partial charge in [-0.2, -0.15) is 0 Å². The molecule has 0 radical (unpaired) electrons. The summed E-state index contributed by atoms with van der Waals surface area (Å²) in [5, 5.41) is 4.76. The summed E-state index contributed by atoms with van der Waals surface area (Å²) in [5.41, 5.74) is 2.50. The molecule has 1 atom stereocenters. The van der Waals surface area contributed by atoms with Gasteiger partial charge in [-0.25, -0.2) is 0 Å². The molecule has 0 spiro atoms. The van der Waals surface area contributed by atoms with Crippen LogP contribution in [-0.2, 0) is 6.54 Å². The van der Waals surface area contributed by atoms with Gasteiger partial charge in [-0.3, -0.25) is 9.88 Å². The van der Waals surface area contributed by atoms with E-state index in [9.17, 15) is 0 Å². The number of hydrogen-bond acceptors (Lipinski definition) is 3. The van der Waals surface area contributed by atoms with Gasteiger partial charge in [0.25, 0.3) is 0 Å². The van der Waals surface area contributed by atoms with Crippen LogP contribution >= 0.6 is 0 Å². The maximum absolute atomic E-state index is 4.58. The fraction of sp³-hybridized carbons (Fsp3) is 0.500. The molecule has 1 aromatic heterocycles. The zero-order chi connectivity index (χ0) is 14.5. The molecule has 112 valence electrons. The molecule has 0 bridgehead atoms. The minimum atomic E-state index is 0.793. The summed E-state index contributed by atoms with van der Waals surface area (Å²) in [5.74, 6) is 0.793. The number of nitrogens with one attached hydrogen (secondary N) is 1. The van der Waals surface area contributed by atoms with Crippen LogP contribution in [0.2, 0.25) is 0 Å². The maximum Gasteiger partial charge on any atom is 0.0746 e. The van der Waals surface area contributed by atoms with E-state index in [2.05, 4.69) is 46.4 Å². The quantitative estimate of drug-likeness (QED) is 0.914. The molecule has 21 heavy (non-hydrogen) atoms. The lowest BCUT2D eigenvalue weighted by atomic mass is 9.98. The number of pyridine rings is 1. The topological polar surface area (TPSA) is 28.2 Å². The van der Waals surface area contributed by atoms with Crippen molar-refractivity contribution in [3.8, 4) is 0 Å². The summed E-state index contributed by atoms with van der Waals surface area (Å²) in [7, 11) is 0. The van der Waals surface area contributed by atoms with Gasteiger partial charge in [0, 0.05) is 24.7 Å². The van der Waals surface area contributed by atoms with E-state index in [0.717, 1.165) is 24.5 Å². The number of fused-ring (bicyclic) bond motifs is 1. The van der Waals surface area contributed by atoms with E-state index in [1.807, 2.05) is 12.3 Å². The zero-order valence-electron chi connectivity index (χ0n) is 12.9. The van der Waals surface area contributed by atoms with Crippen molar-refractivity contribution in [3.05, 3.63) is 42.1 Å². The van der Waals surface area contributed by atoms with E-state index in [0.29, 0.717) is 0 Å². The van der Waals surface area contributed by atoms with Crippen LogP contribution in [0.1, 0.15) is 25.3 Å². The molecule has 1 saturated heterocycles. The molecule has 3 rings (SSSR count). The Morgan fingerprint density at radius 1 is 1.29 bits per heavy atom. The van der Waals surface area contributed by atoms with Gasteiger partial charge in [0.05, 0.1) is 5.52 Å². The average Bonchev–Trinajstić information content (AvgIpc) is 2.55. The second kappa shape index (κ2) is 7.01. The lowest BCUT2D eigenvalue weighted by Gasteiger charge is -2.29. The van der Waals surface area contributed by atoms with Crippen LogP contribution in [0, 0.1) is 5.92 Å². The summed E-state index contributed by atoms with van der Waals surface area (Å²) in [6.45, 7) is 7.91. The molecule has 1 aliphatic heterocycles. The molecular weight excluding hydrogens is 258 g/mol. The van der Waals surface area contributed by atoms with Crippen LogP contribution in [0.3, 0.4) is 0 Å². The number of hydrogen-bond donors (Lipinski definition) is 1. The van der Waals surface area contributed by atoms with Gasteiger partial charge in [-0.1, -0.05) is 31.2 Å². The summed E-state index contributed by atoms with van der Waals surface area (Å²) in [6, 6.07) is 10.7. The van der Waals surface area contributed by atoms with Gasteiger partial charge in [0.2, 0.25) is 0 Å². The molecule has 2 aromatic rings. The van der Waals surface area contributed by atoms with Gasteiger partial charge < -0.3 is 5.32 Å². The van der Waals surface area contributed by atoms with Gasteiger partial charge >= 0.3 is 0 Å². The molecule has 0 amide bonds. The first-order valence-electron chi connectivity index (χ1n) is 8.12. The maximum atomic E-state index is 4.58. The first kappa shape index (κ1) is 14.5. The highest BCUT2D eigenvalue weighted by Gasteiger charge is 2.17. The SMILES string of the molecule is CCN(Cc1cccc2cccnc12)CC1CCCNC1. The lowest BCUT2D eigenvalue weighted by molar-refractivity contribution is 0.210. The van der Waals surface area contributed by atoms with Crippen molar-refractivity contribution in [3.63, 3.8) is 0 Å². The van der Waals surface area contributed by atoms with Crippen molar-refractivity contribution in [2.24, 2.45) is 5.92 Å². The molecule has 3 heteroatoms. The number of benzene rings is 1. The van der Waals surface area contributed by atoms with Crippen molar-refractivity contribution >= 4 is 10.9 Å². The highest BCUT2D eigenvalue weighted by molar-refractivity contribution is 5.81. The van der Waals surface area contributed by atoms with Crippen LogP contribution in [0.4, 0.5) is 0 Å². The Morgan fingerprint density at radius 2 is 2.19 bits per heavy atom. The van der Waals surface area contributed by atoms with Crippen molar-refractivity contribution in [1.82, 2.24) is 15.2 Å². The number of para-hydroxylation sites is 1. The Morgan fingerprint density at radius 3 is 3.00 bits per heavy atom. The van der Waals surface area contributed by atoms with Gasteiger partial charge in [-0.15, -0.1) is 0 Å². The zero-order valence-corrected chi connectivity index (χ0v) is 12.9. The van der Waals surface area contributed by atoms with Crippen molar-refractivity contribution in [2.45, 2.75) is 26.3 Å². The molecule has 0 aliphatic carbocycles. The fourth-order valence-corrected chi connectivity index (χ4v) is 3.29. The summed E-state index contributed by atoms with van der Waals surface area (Å²) in [4.78, 5) is 7.13. The third-order valence-corrected chi connectivity index (χ3v) is 4.47. The smallest absolute Gasteiger partial charge is 0.0746 e. The van der Waals surface area contributed by atoms with E-state index in [4.69, 9.17) is 0 Å². The molecule has 3 nitrogen and oxygen atoms in total. The number of aromatic nitrogens is 1. The first-order valence-corrected chi connectivity index (χ1v) is 8.12. The van der Waals surface area contributed by atoms with Gasteiger partial charge in [-0.05, 0) is 50.0 Å². The van der Waals surface area contributed by atoms with E-state index in [-0.39, 0.29) is 0 Å². The van der Waals surface area contributed by atoms with Crippen molar-refractivity contribution in [2.75, 3.05) is 26.2 Å². The van der Waals surface area contributed by atoms with E-state index in [1.54, 1.807) is 0 Å². The third kappa shape index (κ3) is 3.60. The molecule has 2 heterocycles. The molecular formula is C18H25N3. The van der Waals surface area contributed by atoms with Crippen LogP contribution in [0.5, 0.6) is 0 Å². The summed E-state index contributed by atoms with van der Waals surface area (Å²) < 4.78 is 0. The number of nitrogens with zero attached hydrogens (tertiary/aromatic N) is 2. The summed E-state index contributed by atoms with van der Waals surface area (Å²) in [6.07, 6.45) is 4.57. The Balaban J connectivity index is 1.72. The minimum absolute atomic E-state index is 0.793. The van der Waals surface area contributed by atoms with E-state index < -0.39 is 0 Å².